The van der Waals surface area contributed by atoms with Gasteiger partial charge in [0.25, 0.3) is 5.91 Å². The van der Waals surface area contributed by atoms with Crippen molar-refractivity contribution in [2.24, 2.45) is 0 Å². The molecule has 1 fully saturated rings. The summed E-state index contributed by atoms with van der Waals surface area (Å²) in [7, 11) is 0. The second-order valence-electron chi connectivity index (χ2n) is 7.71. The van der Waals surface area contributed by atoms with Gasteiger partial charge in [0, 0.05) is 6.04 Å². The minimum Gasteiger partial charge on any atom is -0.478 e. The van der Waals surface area contributed by atoms with Gasteiger partial charge in [-0.3, -0.25) is 4.79 Å². The lowest BCUT2D eigenvalue weighted by Crippen LogP contribution is -2.49. The Labute approximate surface area is 178 Å². The Morgan fingerprint density at radius 2 is 1.90 bits per heavy atom. The molecule has 4 rings (SSSR count). The van der Waals surface area contributed by atoms with E-state index in [2.05, 4.69) is 10.2 Å². The fourth-order valence-corrected chi connectivity index (χ4v) is 3.36. The Morgan fingerprint density at radius 1 is 1.20 bits per heavy atom. The monoisotopic (exact) mass is 429 g/mol. The van der Waals surface area contributed by atoms with Crippen LogP contribution in [0.15, 0.2) is 52.9 Å². The first kappa shape index (κ1) is 20.3. The number of ether oxygens (including phenoxy) is 1. The van der Waals surface area contributed by atoms with Crippen LogP contribution in [0.5, 0.6) is 5.75 Å². The summed E-state index contributed by atoms with van der Waals surface area (Å²) in [5, 5.41) is 8.67. The molecule has 30 heavy (non-hydrogen) atoms. The zero-order valence-corrected chi connectivity index (χ0v) is 17.4. The zero-order valence-electron chi connectivity index (χ0n) is 16.6. The summed E-state index contributed by atoms with van der Waals surface area (Å²) in [6.07, 6.45) is 1.81. The van der Waals surface area contributed by atoms with E-state index in [0.29, 0.717) is 28.1 Å². The summed E-state index contributed by atoms with van der Waals surface area (Å²) < 4.78 is 24.8. The van der Waals surface area contributed by atoms with Crippen LogP contribution in [0.3, 0.4) is 0 Å². The number of aromatic nitrogens is 2. The van der Waals surface area contributed by atoms with Crippen molar-refractivity contribution in [2.75, 3.05) is 0 Å². The highest BCUT2D eigenvalue weighted by Gasteiger charge is 2.42. The molecule has 0 N–H and O–H groups in total. The van der Waals surface area contributed by atoms with Gasteiger partial charge in [0.1, 0.15) is 11.6 Å². The molecule has 8 heteroatoms. The molecule has 3 aromatic rings. The highest BCUT2D eigenvalue weighted by molar-refractivity contribution is 6.33. The molecule has 0 saturated heterocycles. The second-order valence-corrected chi connectivity index (χ2v) is 8.12. The third-order valence-corrected chi connectivity index (χ3v) is 5.16. The molecule has 6 nitrogen and oxygen atoms in total. The van der Waals surface area contributed by atoms with Crippen molar-refractivity contribution in [3.63, 3.8) is 0 Å². The van der Waals surface area contributed by atoms with Gasteiger partial charge in [0.15, 0.2) is 5.60 Å². The molecule has 1 aliphatic rings. The lowest BCUT2D eigenvalue weighted by molar-refractivity contribution is -0.147. The van der Waals surface area contributed by atoms with Gasteiger partial charge in [0.2, 0.25) is 11.8 Å². The summed E-state index contributed by atoms with van der Waals surface area (Å²) in [6, 6.07) is 12.9. The molecule has 1 aliphatic carbocycles. The third kappa shape index (κ3) is 4.46. The molecule has 0 unspecified atom stereocenters. The van der Waals surface area contributed by atoms with Gasteiger partial charge in [-0.25, -0.2) is 4.39 Å². The van der Waals surface area contributed by atoms with Crippen LogP contribution in [0.1, 0.15) is 32.6 Å². The van der Waals surface area contributed by atoms with Crippen molar-refractivity contribution in [1.82, 2.24) is 15.1 Å². The number of nitrogens with zero attached hydrogens (tertiary/aromatic N) is 3. The topological polar surface area (TPSA) is 68.5 Å². The molecule has 0 radical (unpaired) electrons. The normalized spacial score (nSPS) is 13.9. The van der Waals surface area contributed by atoms with Crippen LogP contribution in [-0.4, -0.2) is 32.6 Å². The fourth-order valence-electron chi connectivity index (χ4n) is 3.15. The second kappa shape index (κ2) is 8.07. The Bertz CT molecular complexity index is 1050. The molecule has 0 bridgehead atoms. The van der Waals surface area contributed by atoms with Crippen LogP contribution in [-0.2, 0) is 11.3 Å². The largest absolute Gasteiger partial charge is 0.478 e. The van der Waals surface area contributed by atoms with E-state index in [1.54, 1.807) is 30.9 Å². The number of carbonyl (C=O) groups excluding carboxylic acids is 1. The average Bonchev–Trinajstić information content (AvgIpc) is 3.46. The van der Waals surface area contributed by atoms with E-state index in [4.69, 9.17) is 20.8 Å². The minimum absolute atomic E-state index is 0.101. The van der Waals surface area contributed by atoms with Gasteiger partial charge >= 0.3 is 0 Å². The van der Waals surface area contributed by atoms with Crippen molar-refractivity contribution >= 4 is 17.5 Å². The predicted molar refractivity (Wildman–Crippen MR) is 109 cm³/mol. The van der Waals surface area contributed by atoms with E-state index < -0.39 is 5.60 Å². The van der Waals surface area contributed by atoms with Crippen LogP contribution in [0, 0.1) is 5.82 Å². The van der Waals surface area contributed by atoms with Gasteiger partial charge < -0.3 is 14.1 Å². The summed E-state index contributed by atoms with van der Waals surface area (Å²) in [5.74, 6) is 0.483. The van der Waals surface area contributed by atoms with Crippen LogP contribution in [0.2, 0.25) is 5.02 Å². The molecule has 2 aromatic carbocycles. The maximum absolute atomic E-state index is 13.3. The number of benzene rings is 2. The van der Waals surface area contributed by atoms with Gasteiger partial charge in [-0.05, 0) is 63.1 Å². The quantitative estimate of drug-likeness (QED) is 0.535. The number of rotatable bonds is 7. The average molecular weight is 430 g/mol. The zero-order chi connectivity index (χ0) is 21.3. The summed E-state index contributed by atoms with van der Waals surface area (Å²) in [6.45, 7) is 3.56. The van der Waals surface area contributed by atoms with E-state index >= 15 is 0 Å². The smallest absolute Gasteiger partial charge is 0.266 e. The number of hydrogen-bond donors (Lipinski definition) is 0. The van der Waals surface area contributed by atoms with Gasteiger partial charge in [0.05, 0.1) is 17.1 Å². The first-order chi connectivity index (χ1) is 14.3. The molecule has 1 saturated carbocycles. The van der Waals surface area contributed by atoms with Crippen molar-refractivity contribution in [3.05, 3.63) is 65.3 Å². The Kier molecular flexibility index (Phi) is 5.47. The fraction of sp³-hybridized carbons (Fsp3) is 0.318. The van der Waals surface area contributed by atoms with E-state index in [9.17, 15) is 9.18 Å². The highest BCUT2D eigenvalue weighted by atomic mass is 35.5. The van der Waals surface area contributed by atoms with Crippen LogP contribution < -0.4 is 4.74 Å². The predicted octanol–water partition coefficient (Wildman–Crippen LogP) is 4.88. The SMILES string of the molecule is CC(C)(Oc1ccc(F)cc1)C(=O)N(Cc1nnc(-c2ccccc2Cl)o1)C1CC1. The Hall–Kier alpha value is -2.93. The molecule has 0 atom stereocenters. The van der Waals surface area contributed by atoms with E-state index in [1.807, 2.05) is 12.1 Å². The molecule has 1 heterocycles. The maximum atomic E-state index is 13.3. The van der Waals surface area contributed by atoms with Gasteiger partial charge in [-0.2, -0.15) is 0 Å². The third-order valence-electron chi connectivity index (χ3n) is 4.83. The molecule has 1 aromatic heterocycles. The van der Waals surface area contributed by atoms with Gasteiger partial charge in [-0.15, -0.1) is 10.2 Å². The van der Waals surface area contributed by atoms with Crippen molar-refractivity contribution < 1.29 is 18.3 Å². The summed E-state index contributed by atoms with van der Waals surface area (Å²) in [5.41, 5.74) is -0.506. The molecule has 1 amide bonds. The van der Waals surface area contributed by atoms with Crippen LogP contribution >= 0.6 is 11.6 Å². The maximum Gasteiger partial charge on any atom is 0.266 e. The molecular formula is C22H21ClFN3O3. The molecule has 0 spiro atoms. The number of hydrogen-bond acceptors (Lipinski definition) is 5. The minimum atomic E-state index is -1.15. The Balaban J connectivity index is 1.51. The first-order valence-corrected chi connectivity index (χ1v) is 10.0. The van der Waals surface area contributed by atoms with Gasteiger partial charge in [-0.1, -0.05) is 23.7 Å². The van der Waals surface area contributed by atoms with E-state index in [1.165, 1.54) is 24.3 Å². The number of halogens is 2. The first-order valence-electron chi connectivity index (χ1n) is 9.66. The van der Waals surface area contributed by atoms with Crippen molar-refractivity contribution in [2.45, 2.75) is 44.9 Å². The molecule has 156 valence electrons. The van der Waals surface area contributed by atoms with Crippen LogP contribution in [0.4, 0.5) is 4.39 Å². The van der Waals surface area contributed by atoms with Crippen molar-refractivity contribution in [1.29, 1.82) is 0 Å². The summed E-state index contributed by atoms with van der Waals surface area (Å²) >= 11 is 6.20. The van der Waals surface area contributed by atoms with E-state index in [-0.39, 0.29) is 24.3 Å². The Morgan fingerprint density at radius 3 is 2.57 bits per heavy atom. The number of carbonyl (C=O) groups is 1. The van der Waals surface area contributed by atoms with E-state index in [0.717, 1.165) is 12.8 Å². The van der Waals surface area contributed by atoms with Crippen molar-refractivity contribution in [3.8, 4) is 17.2 Å². The standard InChI is InChI=1S/C22H21ClFN3O3/c1-22(2,30-16-11-7-14(24)8-12-16)21(28)27(15-9-10-15)13-19-25-26-20(29-19)17-5-3-4-6-18(17)23/h3-8,11-12,15H,9-10,13H2,1-2H3. The van der Waals surface area contributed by atoms with Crippen LogP contribution in [0.25, 0.3) is 11.5 Å². The molecule has 0 aliphatic heterocycles. The highest BCUT2D eigenvalue weighted by Crippen LogP contribution is 2.33. The summed E-state index contributed by atoms with van der Waals surface area (Å²) in [4.78, 5) is 15.0. The molecular weight excluding hydrogens is 409 g/mol. The lowest BCUT2D eigenvalue weighted by Gasteiger charge is -2.31. The number of amides is 1. The lowest BCUT2D eigenvalue weighted by atomic mass is 10.1.